The maximum atomic E-state index is 9.02. The molecule has 0 aliphatic heterocycles. The normalized spacial score (nSPS) is 29.2. The number of hydrogen-bond donors (Lipinski definition) is 2. The molecule has 0 radical (unpaired) electrons. The third-order valence-electron chi connectivity index (χ3n) is 3.29. The fourth-order valence-corrected chi connectivity index (χ4v) is 2.21. The van der Waals surface area contributed by atoms with E-state index >= 15 is 0 Å². The van der Waals surface area contributed by atoms with Crippen molar-refractivity contribution in [3.8, 4) is 0 Å². The zero-order valence-electron chi connectivity index (χ0n) is 8.15. The molecule has 1 aliphatic rings. The number of aliphatic hydroxyl groups is 2. The van der Waals surface area contributed by atoms with Crippen LogP contribution in [0.4, 0.5) is 0 Å². The van der Waals surface area contributed by atoms with E-state index in [9.17, 15) is 0 Å². The molecule has 1 saturated carbocycles. The smallest absolute Gasteiger partial charge is 0.0483 e. The lowest BCUT2D eigenvalue weighted by molar-refractivity contribution is 0.0834. The molecule has 0 aromatic carbocycles. The number of allylic oxidation sites excluding steroid dienone is 1. The third-order valence-corrected chi connectivity index (χ3v) is 3.29. The summed E-state index contributed by atoms with van der Waals surface area (Å²) in [4.78, 5) is 0. The summed E-state index contributed by atoms with van der Waals surface area (Å²) < 4.78 is 0. The van der Waals surface area contributed by atoms with E-state index in [4.69, 9.17) is 10.2 Å². The minimum atomic E-state index is 0.103. The Bertz CT molecular complexity index is 144. The second-order valence-corrected chi connectivity index (χ2v) is 4.04. The highest BCUT2D eigenvalue weighted by molar-refractivity contribution is 4.85. The van der Waals surface area contributed by atoms with Crippen molar-refractivity contribution in [3.63, 3.8) is 0 Å². The predicted octanol–water partition coefficient (Wildman–Crippen LogP) is 1.58. The van der Waals surface area contributed by atoms with Crippen LogP contribution in [0.2, 0.25) is 0 Å². The van der Waals surface area contributed by atoms with E-state index in [2.05, 4.69) is 6.58 Å². The van der Waals surface area contributed by atoms with Crippen LogP contribution in [0.5, 0.6) is 0 Å². The summed E-state index contributed by atoms with van der Waals surface area (Å²) >= 11 is 0. The highest BCUT2D eigenvalue weighted by Crippen LogP contribution is 2.33. The van der Waals surface area contributed by atoms with E-state index in [0.717, 1.165) is 12.8 Å². The Hall–Kier alpha value is -0.340. The monoisotopic (exact) mass is 184 g/mol. The van der Waals surface area contributed by atoms with Gasteiger partial charge in [0.25, 0.3) is 0 Å². The fourth-order valence-electron chi connectivity index (χ4n) is 2.21. The first kappa shape index (κ1) is 10.7. The largest absolute Gasteiger partial charge is 0.396 e. The maximum absolute atomic E-state index is 9.02. The number of hydrogen-bond acceptors (Lipinski definition) is 2. The Morgan fingerprint density at radius 3 is 2.08 bits per heavy atom. The van der Waals surface area contributed by atoms with Crippen molar-refractivity contribution >= 4 is 0 Å². The van der Waals surface area contributed by atoms with Crippen LogP contribution in [-0.4, -0.2) is 23.4 Å². The van der Waals surface area contributed by atoms with Gasteiger partial charge < -0.3 is 10.2 Å². The Kier molecular flexibility index (Phi) is 4.46. The zero-order chi connectivity index (χ0) is 9.68. The van der Waals surface area contributed by atoms with Gasteiger partial charge in [-0.1, -0.05) is 6.08 Å². The quantitative estimate of drug-likeness (QED) is 0.651. The molecule has 1 rings (SSSR count). The first-order chi connectivity index (χ1) is 6.31. The summed E-state index contributed by atoms with van der Waals surface area (Å²) in [7, 11) is 0. The van der Waals surface area contributed by atoms with Crippen molar-refractivity contribution in [2.24, 2.45) is 17.8 Å². The molecular weight excluding hydrogens is 164 g/mol. The average molecular weight is 184 g/mol. The molecule has 0 atom stereocenters. The summed E-state index contributed by atoms with van der Waals surface area (Å²) in [5.41, 5.74) is 0. The van der Waals surface area contributed by atoms with Crippen molar-refractivity contribution in [2.75, 3.05) is 13.2 Å². The van der Waals surface area contributed by atoms with Gasteiger partial charge in [0, 0.05) is 19.1 Å². The lowest BCUT2D eigenvalue weighted by Gasteiger charge is -2.30. The molecular formula is C11H20O2. The Morgan fingerprint density at radius 2 is 1.69 bits per heavy atom. The van der Waals surface area contributed by atoms with E-state index in [1.54, 1.807) is 0 Å². The van der Waals surface area contributed by atoms with E-state index in [0.29, 0.717) is 11.8 Å². The first-order valence-corrected chi connectivity index (χ1v) is 5.16. The minimum absolute atomic E-state index is 0.103. The predicted molar refractivity (Wildman–Crippen MR) is 53.3 cm³/mol. The molecule has 2 nitrogen and oxygen atoms in total. The average Bonchev–Trinajstić information content (AvgIpc) is 2.21. The van der Waals surface area contributed by atoms with Gasteiger partial charge in [0.1, 0.15) is 0 Å². The molecule has 0 aromatic rings. The fraction of sp³-hybridized carbons (Fsp3) is 0.818. The Morgan fingerprint density at radius 1 is 1.15 bits per heavy atom. The van der Waals surface area contributed by atoms with Gasteiger partial charge in [-0.15, -0.1) is 6.58 Å². The van der Waals surface area contributed by atoms with Crippen molar-refractivity contribution in [3.05, 3.63) is 12.7 Å². The molecule has 1 aliphatic carbocycles. The van der Waals surface area contributed by atoms with Gasteiger partial charge >= 0.3 is 0 Å². The third kappa shape index (κ3) is 2.82. The molecule has 0 unspecified atom stereocenters. The van der Waals surface area contributed by atoms with Crippen LogP contribution in [0, 0.1) is 17.8 Å². The van der Waals surface area contributed by atoms with E-state index in [1.165, 1.54) is 12.8 Å². The highest BCUT2D eigenvalue weighted by Gasteiger charge is 2.25. The standard InChI is InChI=1S/C11H20O2/c1-2-9-3-5-10(6-4-9)11(7-12)8-13/h2,9-13H,1,3-8H2. The molecule has 1 fully saturated rings. The molecule has 76 valence electrons. The molecule has 0 spiro atoms. The molecule has 13 heavy (non-hydrogen) atoms. The lowest BCUT2D eigenvalue weighted by Crippen LogP contribution is -2.26. The second-order valence-electron chi connectivity index (χ2n) is 4.04. The SMILES string of the molecule is C=CC1CCC(C(CO)CO)CC1. The molecule has 2 N–H and O–H groups in total. The molecule has 0 bridgehead atoms. The van der Waals surface area contributed by atoms with Gasteiger partial charge in [0.15, 0.2) is 0 Å². The van der Waals surface area contributed by atoms with E-state index in [-0.39, 0.29) is 19.1 Å². The molecule has 0 heterocycles. The lowest BCUT2D eigenvalue weighted by atomic mass is 9.76. The summed E-state index contributed by atoms with van der Waals surface area (Å²) in [6.45, 7) is 4.05. The topological polar surface area (TPSA) is 40.5 Å². The second kappa shape index (κ2) is 5.40. The Labute approximate surface area is 80.3 Å². The summed E-state index contributed by atoms with van der Waals surface area (Å²) in [5.74, 6) is 1.28. The van der Waals surface area contributed by atoms with Gasteiger partial charge in [-0.3, -0.25) is 0 Å². The molecule has 0 aromatic heterocycles. The van der Waals surface area contributed by atoms with Crippen LogP contribution in [0.3, 0.4) is 0 Å². The maximum Gasteiger partial charge on any atom is 0.0483 e. The van der Waals surface area contributed by atoms with Crippen molar-refractivity contribution < 1.29 is 10.2 Å². The van der Waals surface area contributed by atoms with Crippen molar-refractivity contribution in [1.82, 2.24) is 0 Å². The van der Waals surface area contributed by atoms with Crippen LogP contribution < -0.4 is 0 Å². The van der Waals surface area contributed by atoms with Crippen molar-refractivity contribution in [2.45, 2.75) is 25.7 Å². The Balaban J connectivity index is 2.34. The van der Waals surface area contributed by atoms with Crippen LogP contribution in [0.15, 0.2) is 12.7 Å². The van der Waals surface area contributed by atoms with E-state index < -0.39 is 0 Å². The molecule has 0 saturated heterocycles. The summed E-state index contributed by atoms with van der Waals surface area (Å²) in [6.07, 6.45) is 6.63. The number of rotatable bonds is 4. The summed E-state index contributed by atoms with van der Waals surface area (Å²) in [6, 6.07) is 0. The van der Waals surface area contributed by atoms with Crippen LogP contribution in [0.1, 0.15) is 25.7 Å². The van der Waals surface area contributed by atoms with Gasteiger partial charge in [0.05, 0.1) is 0 Å². The number of aliphatic hydroxyl groups excluding tert-OH is 2. The van der Waals surface area contributed by atoms with Gasteiger partial charge in [-0.25, -0.2) is 0 Å². The van der Waals surface area contributed by atoms with Crippen LogP contribution in [-0.2, 0) is 0 Å². The first-order valence-electron chi connectivity index (χ1n) is 5.16. The van der Waals surface area contributed by atoms with E-state index in [1.807, 2.05) is 6.08 Å². The molecule has 2 heteroatoms. The summed E-state index contributed by atoms with van der Waals surface area (Å²) in [5, 5.41) is 18.0. The highest BCUT2D eigenvalue weighted by atomic mass is 16.3. The van der Waals surface area contributed by atoms with Crippen molar-refractivity contribution in [1.29, 1.82) is 0 Å². The van der Waals surface area contributed by atoms with Crippen LogP contribution >= 0.6 is 0 Å². The minimum Gasteiger partial charge on any atom is -0.396 e. The van der Waals surface area contributed by atoms with Gasteiger partial charge in [-0.2, -0.15) is 0 Å². The molecule has 0 amide bonds. The van der Waals surface area contributed by atoms with Gasteiger partial charge in [0.2, 0.25) is 0 Å². The van der Waals surface area contributed by atoms with Crippen LogP contribution in [0.25, 0.3) is 0 Å². The van der Waals surface area contributed by atoms with Gasteiger partial charge in [-0.05, 0) is 37.5 Å². The zero-order valence-corrected chi connectivity index (χ0v) is 8.15.